The van der Waals surface area contributed by atoms with E-state index >= 15 is 0 Å². The molecule has 0 saturated carbocycles. The van der Waals surface area contributed by atoms with Gasteiger partial charge in [0.25, 0.3) is 0 Å². The summed E-state index contributed by atoms with van der Waals surface area (Å²) in [4.78, 5) is 21.0. The number of carbonyl (C=O) groups excluding carboxylic acids is 1. The average molecular weight is 400 g/mol. The number of benzene rings is 1. The SMILES string of the molecule is C.Cc1cc(C)c2c(c1)[nH]c1nnc(SCC(=O)NCc3cccs3)nc12. The topological polar surface area (TPSA) is 83.6 Å². The lowest BCUT2D eigenvalue weighted by Gasteiger charge is -2.03. The van der Waals surface area contributed by atoms with Crippen molar-refractivity contribution in [2.24, 2.45) is 0 Å². The molecule has 4 rings (SSSR count). The van der Waals surface area contributed by atoms with Crippen LogP contribution < -0.4 is 5.32 Å². The summed E-state index contributed by atoms with van der Waals surface area (Å²) in [5.41, 5.74) is 4.81. The number of carbonyl (C=O) groups is 1. The first-order valence-electron chi connectivity index (χ1n) is 8.15. The van der Waals surface area contributed by atoms with Gasteiger partial charge in [0.05, 0.1) is 12.3 Å². The molecule has 1 amide bonds. The molecule has 0 bridgehead atoms. The largest absolute Gasteiger partial charge is 0.350 e. The fourth-order valence-corrected chi connectivity index (χ4v) is 4.18. The number of rotatable bonds is 5. The molecule has 0 atom stereocenters. The van der Waals surface area contributed by atoms with Crippen LogP contribution in [0.15, 0.2) is 34.8 Å². The van der Waals surface area contributed by atoms with E-state index in [1.54, 1.807) is 11.3 Å². The summed E-state index contributed by atoms with van der Waals surface area (Å²) in [6.45, 7) is 4.68. The minimum absolute atomic E-state index is 0. The molecule has 27 heavy (non-hydrogen) atoms. The molecule has 1 aromatic carbocycles. The van der Waals surface area contributed by atoms with Gasteiger partial charge >= 0.3 is 0 Å². The lowest BCUT2D eigenvalue weighted by atomic mass is 10.1. The van der Waals surface area contributed by atoms with Crippen molar-refractivity contribution in [2.45, 2.75) is 33.0 Å². The number of H-pyrrole nitrogens is 1. The molecule has 3 aromatic heterocycles. The van der Waals surface area contributed by atoms with Crippen LogP contribution >= 0.6 is 23.1 Å². The van der Waals surface area contributed by atoms with E-state index in [1.807, 2.05) is 17.5 Å². The quantitative estimate of drug-likeness (QED) is 0.491. The number of amides is 1. The van der Waals surface area contributed by atoms with E-state index in [0.717, 1.165) is 26.9 Å². The number of thiophene rings is 1. The highest BCUT2D eigenvalue weighted by Gasteiger charge is 2.13. The number of hydrogen-bond donors (Lipinski definition) is 2. The number of aromatic nitrogens is 4. The van der Waals surface area contributed by atoms with Crippen molar-refractivity contribution in [3.63, 3.8) is 0 Å². The van der Waals surface area contributed by atoms with Gasteiger partial charge in [-0.15, -0.1) is 21.5 Å². The Bertz CT molecular complexity index is 1090. The molecule has 0 saturated heterocycles. The van der Waals surface area contributed by atoms with Gasteiger partial charge in [0.2, 0.25) is 11.1 Å². The lowest BCUT2D eigenvalue weighted by Crippen LogP contribution is -2.24. The van der Waals surface area contributed by atoms with Crippen LogP contribution in [-0.2, 0) is 11.3 Å². The lowest BCUT2D eigenvalue weighted by molar-refractivity contribution is -0.118. The Balaban J connectivity index is 0.00000210. The van der Waals surface area contributed by atoms with Crippen LogP contribution in [0.25, 0.3) is 22.1 Å². The molecule has 4 aromatic rings. The highest BCUT2D eigenvalue weighted by atomic mass is 32.2. The first-order valence-corrected chi connectivity index (χ1v) is 10.0. The van der Waals surface area contributed by atoms with Crippen molar-refractivity contribution >= 4 is 51.1 Å². The fourth-order valence-electron chi connectivity index (χ4n) is 2.92. The first kappa shape index (κ1) is 19.3. The minimum atomic E-state index is -0.0437. The molecule has 0 aliphatic heterocycles. The summed E-state index contributed by atoms with van der Waals surface area (Å²) in [7, 11) is 0. The third kappa shape index (κ3) is 4.12. The third-order valence-corrected chi connectivity index (χ3v) is 5.72. The molecular weight excluding hydrogens is 378 g/mol. The van der Waals surface area contributed by atoms with Gasteiger partial charge in [-0.2, -0.15) is 0 Å². The number of nitrogens with zero attached hydrogens (tertiary/aromatic N) is 3. The second-order valence-electron chi connectivity index (χ2n) is 6.07. The zero-order valence-electron chi connectivity index (χ0n) is 14.4. The van der Waals surface area contributed by atoms with Crippen molar-refractivity contribution in [1.82, 2.24) is 25.5 Å². The Morgan fingerprint density at radius 1 is 1.30 bits per heavy atom. The van der Waals surface area contributed by atoms with Crippen LogP contribution in [-0.4, -0.2) is 31.8 Å². The van der Waals surface area contributed by atoms with Crippen LogP contribution in [0.5, 0.6) is 0 Å². The van der Waals surface area contributed by atoms with Crippen molar-refractivity contribution in [2.75, 3.05) is 5.75 Å². The predicted molar refractivity (Wildman–Crippen MR) is 112 cm³/mol. The maximum Gasteiger partial charge on any atom is 0.230 e. The smallest absolute Gasteiger partial charge is 0.230 e. The van der Waals surface area contributed by atoms with Gasteiger partial charge in [-0.3, -0.25) is 4.79 Å². The molecule has 0 radical (unpaired) electrons. The normalized spacial score (nSPS) is 10.9. The van der Waals surface area contributed by atoms with Crippen LogP contribution in [0.3, 0.4) is 0 Å². The zero-order chi connectivity index (χ0) is 18.1. The Labute approximate surface area is 165 Å². The molecular formula is C19H21N5OS2. The second-order valence-corrected chi connectivity index (χ2v) is 8.04. The van der Waals surface area contributed by atoms with E-state index in [9.17, 15) is 4.79 Å². The summed E-state index contributed by atoms with van der Waals surface area (Å²) in [6, 6.07) is 8.18. The average Bonchev–Trinajstić information content (AvgIpc) is 3.24. The van der Waals surface area contributed by atoms with Crippen molar-refractivity contribution in [1.29, 1.82) is 0 Å². The Morgan fingerprint density at radius 2 is 2.15 bits per heavy atom. The number of nitrogens with one attached hydrogen (secondary N) is 2. The van der Waals surface area contributed by atoms with Gasteiger partial charge in [0.15, 0.2) is 5.65 Å². The van der Waals surface area contributed by atoms with Crippen LogP contribution in [0.4, 0.5) is 0 Å². The van der Waals surface area contributed by atoms with E-state index < -0.39 is 0 Å². The maximum absolute atomic E-state index is 12.0. The molecule has 140 valence electrons. The molecule has 8 heteroatoms. The molecule has 0 aliphatic carbocycles. The maximum atomic E-state index is 12.0. The van der Waals surface area contributed by atoms with Crippen LogP contribution in [0, 0.1) is 13.8 Å². The predicted octanol–water partition coefficient (Wildman–Crippen LogP) is 4.23. The van der Waals surface area contributed by atoms with Crippen molar-refractivity contribution < 1.29 is 4.79 Å². The second kappa shape index (κ2) is 8.06. The molecule has 0 fully saturated rings. The summed E-state index contributed by atoms with van der Waals surface area (Å²) in [5, 5.41) is 14.8. The van der Waals surface area contributed by atoms with E-state index in [4.69, 9.17) is 0 Å². The van der Waals surface area contributed by atoms with E-state index in [1.165, 1.54) is 17.3 Å². The number of aryl methyl sites for hydroxylation is 2. The molecule has 0 spiro atoms. The summed E-state index contributed by atoms with van der Waals surface area (Å²) >= 11 is 2.92. The van der Waals surface area contributed by atoms with E-state index in [2.05, 4.69) is 51.5 Å². The van der Waals surface area contributed by atoms with Gasteiger partial charge in [-0.05, 0) is 42.5 Å². The zero-order valence-corrected chi connectivity index (χ0v) is 16.0. The highest BCUT2D eigenvalue weighted by Crippen LogP contribution is 2.27. The molecule has 6 nitrogen and oxygen atoms in total. The molecule has 0 aliphatic rings. The molecule has 3 heterocycles. The number of hydrogen-bond acceptors (Lipinski definition) is 6. The summed E-state index contributed by atoms with van der Waals surface area (Å²) < 4.78 is 0. The summed E-state index contributed by atoms with van der Waals surface area (Å²) in [5.74, 6) is 0.219. The summed E-state index contributed by atoms with van der Waals surface area (Å²) in [6.07, 6.45) is 0. The van der Waals surface area contributed by atoms with E-state index in [-0.39, 0.29) is 19.1 Å². The van der Waals surface area contributed by atoms with Crippen molar-refractivity contribution in [3.8, 4) is 0 Å². The van der Waals surface area contributed by atoms with E-state index in [0.29, 0.717) is 17.3 Å². The Hall–Kier alpha value is -2.45. The Morgan fingerprint density at radius 3 is 2.93 bits per heavy atom. The third-order valence-electron chi connectivity index (χ3n) is 4.01. The monoisotopic (exact) mass is 399 g/mol. The Kier molecular flexibility index (Phi) is 5.76. The van der Waals surface area contributed by atoms with Gasteiger partial charge in [-0.1, -0.05) is 31.3 Å². The number of thioether (sulfide) groups is 1. The van der Waals surface area contributed by atoms with Gasteiger partial charge in [0.1, 0.15) is 5.52 Å². The first-order chi connectivity index (χ1) is 12.6. The van der Waals surface area contributed by atoms with Gasteiger partial charge < -0.3 is 10.3 Å². The standard InChI is InChI=1S/C18H17N5OS2.CH4/c1-10-6-11(2)15-13(7-10)20-17-16(15)21-18(23-22-17)26-9-14(24)19-8-12-4-3-5-25-12;/h3-7H,8-9H2,1-2H3,(H,19,24)(H,20,22);1H4. The minimum Gasteiger partial charge on any atom is -0.350 e. The highest BCUT2D eigenvalue weighted by molar-refractivity contribution is 7.99. The van der Waals surface area contributed by atoms with Gasteiger partial charge in [0, 0.05) is 15.8 Å². The number of fused-ring (bicyclic) bond motifs is 3. The molecule has 2 N–H and O–H groups in total. The van der Waals surface area contributed by atoms with Crippen LogP contribution in [0.1, 0.15) is 23.4 Å². The van der Waals surface area contributed by atoms with Gasteiger partial charge in [-0.25, -0.2) is 4.98 Å². The van der Waals surface area contributed by atoms with Crippen LogP contribution in [0.2, 0.25) is 0 Å². The fraction of sp³-hybridized carbons (Fsp3) is 0.263. The molecule has 0 unspecified atom stereocenters. The van der Waals surface area contributed by atoms with Crippen molar-refractivity contribution in [3.05, 3.63) is 45.6 Å². The number of aromatic amines is 1.